The molecule has 2 rings (SSSR count). The lowest BCUT2D eigenvalue weighted by Gasteiger charge is -2.48. The number of ether oxygens (including phenoxy) is 2. The molecule has 2 heterocycles. The molecule has 152 valence electrons. The number of alkyl carbamates (subject to hydrolysis) is 1. The Balaban J connectivity index is 2.53. The van der Waals surface area contributed by atoms with E-state index in [0.29, 0.717) is 6.20 Å². The van der Waals surface area contributed by atoms with Crippen molar-refractivity contribution in [3.8, 4) is 0 Å². The van der Waals surface area contributed by atoms with Crippen LogP contribution in [0, 0.1) is 5.82 Å². The van der Waals surface area contributed by atoms with Crippen LogP contribution < -0.4 is 5.32 Å². The second-order valence-corrected chi connectivity index (χ2v) is 7.66. The van der Waals surface area contributed by atoms with Crippen LogP contribution in [0.4, 0.5) is 22.4 Å². The first-order chi connectivity index (χ1) is 12.2. The van der Waals surface area contributed by atoms with Crippen molar-refractivity contribution < 1.29 is 36.9 Å². The molecule has 0 spiro atoms. The molecule has 2 atom stereocenters. The summed E-state index contributed by atoms with van der Waals surface area (Å²) in [7, 11) is 0. The maximum Gasteiger partial charge on any atom is 0.417 e. The van der Waals surface area contributed by atoms with Crippen molar-refractivity contribution >= 4 is 6.09 Å². The third-order valence-corrected chi connectivity index (χ3v) is 4.21. The number of amides is 1. The van der Waals surface area contributed by atoms with Crippen molar-refractivity contribution in [2.45, 2.75) is 57.0 Å². The van der Waals surface area contributed by atoms with E-state index in [1.807, 2.05) is 0 Å². The van der Waals surface area contributed by atoms with Gasteiger partial charge in [-0.1, -0.05) is 0 Å². The molecule has 1 fully saturated rings. The first kappa shape index (κ1) is 21.4. The lowest BCUT2D eigenvalue weighted by atomic mass is 9.74. The van der Waals surface area contributed by atoms with Crippen molar-refractivity contribution in [3.63, 3.8) is 0 Å². The standard InChI is InChI=1S/C17H22F4N2O4/c1-14(2,3)27-13(24)23-16(5-6-26-9-15(16,4)25)12-11(18)7-10(8-22-12)17(19,20)21/h7-8,25H,5-6,9H2,1-4H3,(H,23,24)/t15-,16?/m0/s1. The molecule has 1 amide bonds. The SMILES string of the molecule is CC(C)(C)OC(=O)NC1(c2ncc(C(F)(F)F)cc2F)CCOC[C@]1(C)O. The molecular weight excluding hydrogens is 372 g/mol. The normalized spacial score (nSPS) is 26.6. The lowest BCUT2D eigenvalue weighted by molar-refractivity contribution is -0.144. The number of aliphatic hydroxyl groups is 1. The third-order valence-electron chi connectivity index (χ3n) is 4.21. The first-order valence-electron chi connectivity index (χ1n) is 8.22. The fourth-order valence-corrected chi connectivity index (χ4v) is 2.90. The Hall–Kier alpha value is -1.94. The summed E-state index contributed by atoms with van der Waals surface area (Å²) in [6, 6.07) is 0.284. The van der Waals surface area contributed by atoms with Crippen molar-refractivity contribution in [1.29, 1.82) is 0 Å². The molecule has 1 unspecified atom stereocenters. The average molecular weight is 394 g/mol. The van der Waals surface area contributed by atoms with Crippen LogP contribution >= 0.6 is 0 Å². The molecule has 0 aromatic carbocycles. The zero-order valence-electron chi connectivity index (χ0n) is 15.4. The van der Waals surface area contributed by atoms with Gasteiger partial charge >= 0.3 is 12.3 Å². The smallest absolute Gasteiger partial charge is 0.417 e. The van der Waals surface area contributed by atoms with Gasteiger partial charge in [-0.15, -0.1) is 0 Å². The number of rotatable bonds is 2. The number of nitrogens with zero attached hydrogens (tertiary/aromatic N) is 1. The zero-order chi connectivity index (χ0) is 20.7. The van der Waals surface area contributed by atoms with Gasteiger partial charge in [-0.05, 0) is 33.8 Å². The first-order valence-corrected chi connectivity index (χ1v) is 8.22. The summed E-state index contributed by atoms with van der Waals surface area (Å²) in [5, 5.41) is 13.2. The highest BCUT2D eigenvalue weighted by atomic mass is 19.4. The summed E-state index contributed by atoms with van der Waals surface area (Å²) in [4.78, 5) is 15.9. The van der Waals surface area contributed by atoms with E-state index in [4.69, 9.17) is 9.47 Å². The highest BCUT2D eigenvalue weighted by molar-refractivity contribution is 5.69. The minimum Gasteiger partial charge on any atom is -0.444 e. The van der Waals surface area contributed by atoms with Crippen LogP contribution in [0.1, 0.15) is 45.4 Å². The van der Waals surface area contributed by atoms with Crippen LogP contribution in [0.3, 0.4) is 0 Å². The van der Waals surface area contributed by atoms with Crippen LogP contribution in [0.5, 0.6) is 0 Å². The van der Waals surface area contributed by atoms with Gasteiger partial charge in [0.25, 0.3) is 0 Å². The second-order valence-electron chi connectivity index (χ2n) is 7.66. The number of hydrogen-bond donors (Lipinski definition) is 2. The molecule has 10 heteroatoms. The van der Waals surface area contributed by atoms with E-state index < -0.39 is 46.1 Å². The highest BCUT2D eigenvalue weighted by Crippen LogP contribution is 2.41. The predicted octanol–water partition coefficient (Wildman–Crippen LogP) is 3.13. The fourth-order valence-electron chi connectivity index (χ4n) is 2.90. The number of nitrogens with one attached hydrogen (secondary N) is 1. The third kappa shape index (κ3) is 4.49. The van der Waals surface area contributed by atoms with E-state index in [1.54, 1.807) is 20.8 Å². The summed E-state index contributed by atoms with van der Waals surface area (Å²) in [6.45, 7) is 5.84. The lowest BCUT2D eigenvalue weighted by Crippen LogP contribution is -2.66. The van der Waals surface area contributed by atoms with E-state index in [1.165, 1.54) is 6.92 Å². The maximum absolute atomic E-state index is 14.6. The Kier molecular flexibility index (Phi) is 5.46. The van der Waals surface area contributed by atoms with Crippen molar-refractivity contribution in [3.05, 3.63) is 29.3 Å². The second kappa shape index (κ2) is 6.90. The summed E-state index contributed by atoms with van der Waals surface area (Å²) in [6.07, 6.45) is -5.40. The number of pyridine rings is 1. The fraction of sp³-hybridized carbons (Fsp3) is 0.647. The number of hydrogen-bond acceptors (Lipinski definition) is 5. The Bertz CT molecular complexity index is 716. The van der Waals surface area contributed by atoms with Gasteiger partial charge in [-0.25, -0.2) is 9.18 Å². The molecule has 1 aliphatic heterocycles. The minimum absolute atomic E-state index is 0.0219. The Morgan fingerprint density at radius 2 is 2.00 bits per heavy atom. The maximum atomic E-state index is 14.6. The topological polar surface area (TPSA) is 80.7 Å². The minimum atomic E-state index is -4.78. The molecule has 0 bridgehead atoms. The van der Waals surface area contributed by atoms with E-state index in [0.717, 1.165) is 0 Å². The quantitative estimate of drug-likeness (QED) is 0.754. The van der Waals surface area contributed by atoms with Gasteiger partial charge in [0.1, 0.15) is 28.3 Å². The molecular formula is C17H22F4N2O4. The summed E-state index contributed by atoms with van der Waals surface area (Å²) < 4.78 is 63.4. The molecule has 1 aromatic heterocycles. The number of carbonyl (C=O) groups excluding carboxylic acids is 1. The van der Waals surface area contributed by atoms with Gasteiger partial charge in [0.2, 0.25) is 0 Å². The highest BCUT2D eigenvalue weighted by Gasteiger charge is 2.55. The van der Waals surface area contributed by atoms with Gasteiger partial charge in [0.15, 0.2) is 0 Å². The van der Waals surface area contributed by atoms with Crippen molar-refractivity contribution in [2.75, 3.05) is 13.2 Å². The van der Waals surface area contributed by atoms with Crippen LogP contribution in [0.15, 0.2) is 12.3 Å². The number of aromatic nitrogens is 1. The Morgan fingerprint density at radius 1 is 1.37 bits per heavy atom. The molecule has 2 N–H and O–H groups in total. The van der Waals surface area contributed by atoms with Crippen molar-refractivity contribution in [1.82, 2.24) is 10.3 Å². The summed E-state index contributed by atoms with van der Waals surface area (Å²) in [5.74, 6) is -1.30. The number of halogens is 4. The van der Waals surface area contributed by atoms with Crippen LogP contribution in [-0.4, -0.2) is 40.6 Å². The largest absolute Gasteiger partial charge is 0.444 e. The van der Waals surface area contributed by atoms with Gasteiger partial charge in [-0.3, -0.25) is 4.98 Å². The molecule has 1 saturated heterocycles. The van der Waals surface area contributed by atoms with Gasteiger partial charge in [-0.2, -0.15) is 13.2 Å². The molecule has 27 heavy (non-hydrogen) atoms. The van der Waals surface area contributed by atoms with Gasteiger partial charge in [0, 0.05) is 19.2 Å². The monoisotopic (exact) mass is 394 g/mol. The van der Waals surface area contributed by atoms with E-state index in [2.05, 4.69) is 10.3 Å². The van der Waals surface area contributed by atoms with E-state index in [-0.39, 0.29) is 25.7 Å². The van der Waals surface area contributed by atoms with Gasteiger partial charge < -0.3 is 19.9 Å². The van der Waals surface area contributed by atoms with Crippen LogP contribution in [0.25, 0.3) is 0 Å². The molecule has 0 radical (unpaired) electrons. The summed E-state index contributed by atoms with van der Waals surface area (Å²) in [5.41, 5.74) is -6.36. The van der Waals surface area contributed by atoms with E-state index in [9.17, 15) is 27.5 Å². The number of alkyl halides is 3. The molecule has 0 saturated carbocycles. The Morgan fingerprint density at radius 3 is 2.48 bits per heavy atom. The van der Waals surface area contributed by atoms with E-state index >= 15 is 0 Å². The van der Waals surface area contributed by atoms with Crippen LogP contribution in [-0.2, 0) is 21.2 Å². The summed E-state index contributed by atoms with van der Waals surface area (Å²) >= 11 is 0. The zero-order valence-corrected chi connectivity index (χ0v) is 15.4. The molecule has 6 nitrogen and oxygen atoms in total. The molecule has 1 aromatic rings. The molecule has 0 aliphatic carbocycles. The predicted molar refractivity (Wildman–Crippen MR) is 86.3 cm³/mol. The van der Waals surface area contributed by atoms with Gasteiger partial charge in [0.05, 0.1) is 12.2 Å². The Labute approximate surface area is 153 Å². The molecule has 1 aliphatic rings. The number of carbonyl (C=O) groups is 1. The van der Waals surface area contributed by atoms with Crippen LogP contribution in [0.2, 0.25) is 0 Å². The average Bonchev–Trinajstić information content (AvgIpc) is 2.46. The van der Waals surface area contributed by atoms with Crippen molar-refractivity contribution in [2.24, 2.45) is 0 Å².